The second-order valence-electron chi connectivity index (χ2n) is 10.9. The topological polar surface area (TPSA) is 101 Å². The molecule has 9 nitrogen and oxygen atoms in total. The Kier molecular flexibility index (Phi) is 7.18. The molecule has 1 aromatic carbocycles. The van der Waals surface area contributed by atoms with E-state index in [0.717, 1.165) is 56.1 Å². The second-order valence-corrected chi connectivity index (χ2v) is 10.9. The van der Waals surface area contributed by atoms with Crippen LogP contribution in [0.2, 0.25) is 0 Å². The number of ether oxygens (including phenoxy) is 2. The van der Waals surface area contributed by atoms with Crippen molar-refractivity contribution in [2.45, 2.75) is 38.8 Å². The predicted molar refractivity (Wildman–Crippen MR) is 145 cm³/mol. The monoisotopic (exact) mass is 530 g/mol. The van der Waals surface area contributed by atoms with Gasteiger partial charge in [-0.2, -0.15) is 0 Å². The van der Waals surface area contributed by atoms with Gasteiger partial charge in [-0.1, -0.05) is 25.1 Å². The van der Waals surface area contributed by atoms with Crippen LogP contribution in [0, 0.1) is 11.8 Å². The molecule has 5 aliphatic rings. The van der Waals surface area contributed by atoms with Gasteiger partial charge in [-0.3, -0.25) is 29.6 Å². The zero-order chi connectivity index (χ0) is 26.9. The van der Waals surface area contributed by atoms with Crippen LogP contribution >= 0.6 is 0 Å². The van der Waals surface area contributed by atoms with Crippen molar-refractivity contribution in [3.05, 3.63) is 64.9 Å². The van der Waals surface area contributed by atoms with Gasteiger partial charge in [-0.15, -0.1) is 0 Å². The van der Waals surface area contributed by atoms with E-state index in [9.17, 15) is 14.4 Å². The van der Waals surface area contributed by atoms with Crippen LogP contribution in [0.25, 0.3) is 0 Å². The first-order valence-corrected chi connectivity index (χ1v) is 13.8. The number of aliphatic imine (C=N–C) groups is 1. The van der Waals surface area contributed by atoms with Gasteiger partial charge < -0.3 is 14.4 Å². The number of benzene rings is 1. The molecule has 0 aromatic heterocycles. The van der Waals surface area contributed by atoms with Crippen LogP contribution in [0.4, 0.5) is 0 Å². The summed E-state index contributed by atoms with van der Waals surface area (Å²) < 4.78 is 11.8. The molecule has 9 heteroatoms. The van der Waals surface area contributed by atoms with Crippen LogP contribution < -0.4 is 10.1 Å². The number of rotatable bonds is 6. The minimum Gasteiger partial charge on any atom is -0.489 e. The third kappa shape index (κ3) is 5.33. The van der Waals surface area contributed by atoms with Crippen LogP contribution in [0.1, 0.15) is 42.1 Å². The number of morpholine rings is 1. The molecular weight excluding hydrogens is 496 g/mol. The highest BCUT2D eigenvalue weighted by Gasteiger charge is 2.40. The minimum atomic E-state index is -0.646. The molecule has 1 aromatic rings. The van der Waals surface area contributed by atoms with E-state index in [4.69, 9.17) is 14.5 Å². The molecule has 0 saturated carbocycles. The van der Waals surface area contributed by atoms with E-state index >= 15 is 0 Å². The molecule has 1 aliphatic carbocycles. The maximum atomic E-state index is 13.1. The van der Waals surface area contributed by atoms with Crippen molar-refractivity contribution in [1.29, 1.82) is 0 Å². The lowest BCUT2D eigenvalue weighted by Crippen LogP contribution is -2.52. The fourth-order valence-corrected chi connectivity index (χ4v) is 6.14. The Morgan fingerprint density at radius 1 is 1.15 bits per heavy atom. The van der Waals surface area contributed by atoms with Crippen molar-refractivity contribution in [3.8, 4) is 5.75 Å². The molecule has 2 fully saturated rings. The van der Waals surface area contributed by atoms with Crippen molar-refractivity contribution in [1.82, 2.24) is 15.1 Å². The van der Waals surface area contributed by atoms with Crippen molar-refractivity contribution in [2.24, 2.45) is 16.8 Å². The minimum absolute atomic E-state index is 0.200. The van der Waals surface area contributed by atoms with Crippen LogP contribution in [-0.4, -0.2) is 78.7 Å². The third-order valence-corrected chi connectivity index (χ3v) is 8.35. The largest absolute Gasteiger partial charge is 0.489 e. The van der Waals surface area contributed by atoms with E-state index in [1.165, 1.54) is 5.57 Å². The molecule has 4 heterocycles. The predicted octanol–water partition coefficient (Wildman–Crippen LogP) is 2.64. The zero-order valence-corrected chi connectivity index (χ0v) is 22.2. The Balaban J connectivity index is 1.15. The number of hydrogen-bond acceptors (Lipinski definition) is 7. The Labute approximate surface area is 228 Å². The molecule has 204 valence electrons. The number of imide groups is 1. The number of allylic oxidation sites excluding steroid dienone is 2. The number of nitrogens with one attached hydrogen (secondary N) is 1. The van der Waals surface area contributed by atoms with Gasteiger partial charge in [0.25, 0.3) is 5.91 Å². The van der Waals surface area contributed by atoms with E-state index < -0.39 is 11.9 Å². The molecule has 0 radical (unpaired) electrons. The Morgan fingerprint density at radius 2 is 2.00 bits per heavy atom. The highest BCUT2D eigenvalue weighted by Crippen LogP contribution is 2.35. The lowest BCUT2D eigenvalue weighted by molar-refractivity contribution is -0.136. The number of fused-ring (bicyclic) bond motifs is 3. The van der Waals surface area contributed by atoms with Crippen molar-refractivity contribution >= 4 is 23.4 Å². The van der Waals surface area contributed by atoms with Gasteiger partial charge in [0, 0.05) is 49.1 Å². The second kappa shape index (κ2) is 10.9. The lowest BCUT2D eigenvalue weighted by Gasteiger charge is -2.34. The van der Waals surface area contributed by atoms with E-state index in [0.29, 0.717) is 36.2 Å². The van der Waals surface area contributed by atoms with Crippen molar-refractivity contribution in [2.75, 3.05) is 39.5 Å². The molecule has 2 bridgehead atoms. The fraction of sp³-hybridized carbons (Fsp3) is 0.467. The molecule has 3 atom stereocenters. The van der Waals surface area contributed by atoms with Gasteiger partial charge in [0.2, 0.25) is 11.8 Å². The summed E-state index contributed by atoms with van der Waals surface area (Å²) >= 11 is 0. The van der Waals surface area contributed by atoms with E-state index in [2.05, 4.69) is 41.6 Å². The van der Waals surface area contributed by atoms with Crippen LogP contribution in [0.5, 0.6) is 5.75 Å². The summed E-state index contributed by atoms with van der Waals surface area (Å²) in [6.07, 6.45) is 10.0. The highest BCUT2D eigenvalue weighted by atomic mass is 16.5. The maximum Gasteiger partial charge on any atom is 0.255 e. The molecular formula is C30H34N4O5. The Bertz CT molecular complexity index is 1310. The number of amides is 3. The number of piperidine rings is 1. The number of nitrogens with zero attached hydrogens (tertiary/aromatic N) is 3. The first-order valence-electron chi connectivity index (χ1n) is 13.8. The number of carbonyl (C=O) groups is 3. The molecule has 3 unspecified atom stereocenters. The average Bonchev–Trinajstić information content (AvgIpc) is 3.27. The number of carbonyl (C=O) groups excluding carboxylic acids is 3. The molecule has 2 saturated heterocycles. The van der Waals surface area contributed by atoms with Crippen LogP contribution in [-0.2, 0) is 20.9 Å². The summed E-state index contributed by atoms with van der Waals surface area (Å²) in [4.78, 5) is 45.9. The van der Waals surface area contributed by atoms with Gasteiger partial charge in [0.1, 0.15) is 18.4 Å². The third-order valence-electron chi connectivity index (χ3n) is 8.35. The Morgan fingerprint density at radius 3 is 2.82 bits per heavy atom. The fourth-order valence-electron chi connectivity index (χ4n) is 6.14. The summed E-state index contributed by atoms with van der Waals surface area (Å²) in [6, 6.07) is 4.81. The smallest absolute Gasteiger partial charge is 0.255 e. The molecule has 1 N–H and O–H groups in total. The van der Waals surface area contributed by atoms with E-state index in [1.54, 1.807) is 11.0 Å². The van der Waals surface area contributed by atoms with Crippen molar-refractivity contribution < 1.29 is 23.9 Å². The lowest BCUT2D eigenvalue weighted by atomic mass is 9.79. The normalized spacial score (nSPS) is 27.2. The van der Waals surface area contributed by atoms with Crippen LogP contribution in [0.15, 0.2) is 58.8 Å². The summed E-state index contributed by atoms with van der Waals surface area (Å²) in [6.45, 7) is 7.31. The quantitative estimate of drug-likeness (QED) is 0.568. The number of hydrogen-bond donors (Lipinski definition) is 1. The summed E-state index contributed by atoms with van der Waals surface area (Å²) in [5, 5.41) is 2.35. The first kappa shape index (κ1) is 25.7. The van der Waals surface area contributed by atoms with Gasteiger partial charge in [-0.25, -0.2) is 0 Å². The van der Waals surface area contributed by atoms with E-state index in [-0.39, 0.29) is 24.8 Å². The van der Waals surface area contributed by atoms with Gasteiger partial charge in [-0.05, 0) is 54.0 Å². The van der Waals surface area contributed by atoms with Gasteiger partial charge in [0.05, 0.1) is 19.8 Å². The summed E-state index contributed by atoms with van der Waals surface area (Å²) in [5.41, 5.74) is 4.85. The molecule has 3 amide bonds. The highest BCUT2D eigenvalue weighted by molar-refractivity contribution is 6.05. The molecule has 39 heavy (non-hydrogen) atoms. The Hall–Kier alpha value is -3.56. The average molecular weight is 531 g/mol. The van der Waals surface area contributed by atoms with Gasteiger partial charge >= 0.3 is 0 Å². The molecule has 4 aliphatic heterocycles. The van der Waals surface area contributed by atoms with Crippen molar-refractivity contribution in [3.63, 3.8) is 0 Å². The first-order chi connectivity index (χ1) is 19.0. The molecule has 6 rings (SSSR count). The van der Waals surface area contributed by atoms with Crippen LogP contribution in [0.3, 0.4) is 0 Å². The summed E-state index contributed by atoms with van der Waals surface area (Å²) in [5.74, 6) is 0.444. The maximum absolute atomic E-state index is 13.1. The standard InChI is InChI=1S/C30H34N4O5/c1-19-13-20(5-6-22-14-24(19)21(15-31-22)16-33-9-11-38-12-10-33)18-39-27-4-2-3-23-25(27)17-34(30(23)37)26-7-8-28(35)32-29(26)36/h2-6,13,15,19,24,26H,7-12,14,16-18H2,1H3,(H,32,35,36). The van der Waals surface area contributed by atoms with E-state index in [1.807, 2.05) is 12.1 Å². The zero-order valence-electron chi connectivity index (χ0n) is 22.2. The molecule has 0 spiro atoms. The SMILES string of the molecule is CC1C=C(COc2cccc3c2CN(C2CCC(=O)NC2=O)C3=O)C=CC2=NC=C(CN3CCOCC3)C1C2. The summed E-state index contributed by atoms with van der Waals surface area (Å²) in [7, 11) is 0. The van der Waals surface area contributed by atoms with Gasteiger partial charge in [0.15, 0.2) is 0 Å².